The third-order valence-electron chi connectivity index (χ3n) is 10.3. The van der Waals surface area contributed by atoms with E-state index in [9.17, 15) is 14.4 Å². The molecular formula is C28H47ClN4O3. The van der Waals surface area contributed by atoms with Crippen LogP contribution in [-0.2, 0) is 9.59 Å². The fraction of sp³-hybridized carbons (Fsp3) is 0.821. The fourth-order valence-corrected chi connectivity index (χ4v) is 8.44. The third-order valence-corrected chi connectivity index (χ3v) is 10.3. The smallest absolute Gasteiger partial charge is 0.324 e. The summed E-state index contributed by atoms with van der Waals surface area (Å²) in [6.07, 6.45) is 11.0. The van der Waals surface area contributed by atoms with Crippen molar-refractivity contribution in [1.82, 2.24) is 20.0 Å². The normalized spacial score (nSPS) is 37.0. The summed E-state index contributed by atoms with van der Waals surface area (Å²) in [5.41, 5.74) is -0.0535. The Balaban J connectivity index is 0.00000361. The van der Waals surface area contributed by atoms with E-state index in [1.54, 1.807) is 6.08 Å². The second-order valence-electron chi connectivity index (χ2n) is 12.3. The summed E-state index contributed by atoms with van der Waals surface area (Å²) in [6, 6.07) is 0.0272. The minimum Gasteiger partial charge on any atom is -0.338 e. The Morgan fingerprint density at radius 1 is 1.08 bits per heavy atom. The lowest BCUT2D eigenvalue weighted by Crippen LogP contribution is -2.60. The van der Waals surface area contributed by atoms with Crippen molar-refractivity contribution in [2.24, 2.45) is 34.5 Å². The third kappa shape index (κ3) is 4.82. The molecule has 4 rings (SSSR count). The average molecular weight is 523 g/mol. The van der Waals surface area contributed by atoms with E-state index < -0.39 is 0 Å². The van der Waals surface area contributed by atoms with E-state index in [-0.39, 0.29) is 53.0 Å². The zero-order chi connectivity index (χ0) is 25.5. The second kappa shape index (κ2) is 11.0. The molecule has 0 bridgehead atoms. The Bertz CT molecular complexity index is 879. The summed E-state index contributed by atoms with van der Waals surface area (Å²) in [6.45, 7) is 8.43. The number of nitrogens with one attached hydrogen (secondary N) is 1. The van der Waals surface area contributed by atoms with Gasteiger partial charge in [-0.2, -0.15) is 0 Å². The molecule has 3 aliphatic carbocycles. The molecule has 1 N–H and O–H groups in total. The van der Waals surface area contributed by atoms with Crippen LogP contribution in [0.4, 0.5) is 4.79 Å². The molecule has 36 heavy (non-hydrogen) atoms. The molecule has 3 fully saturated rings. The van der Waals surface area contributed by atoms with Crippen LogP contribution < -0.4 is 5.32 Å². The highest BCUT2D eigenvalue weighted by Gasteiger charge is 2.62. The predicted molar refractivity (Wildman–Crippen MR) is 145 cm³/mol. The van der Waals surface area contributed by atoms with Crippen molar-refractivity contribution in [3.63, 3.8) is 0 Å². The van der Waals surface area contributed by atoms with Gasteiger partial charge in [0.05, 0.1) is 0 Å². The molecular weight excluding hydrogens is 476 g/mol. The minimum absolute atomic E-state index is 0. The van der Waals surface area contributed by atoms with Crippen LogP contribution in [-0.4, -0.2) is 79.4 Å². The van der Waals surface area contributed by atoms with E-state index in [0.717, 1.165) is 51.5 Å². The van der Waals surface area contributed by atoms with Crippen molar-refractivity contribution in [3.8, 4) is 0 Å². The van der Waals surface area contributed by atoms with Crippen molar-refractivity contribution in [2.45, 2.75) is 71.8 Å². The molecule has 0 radical (unpaired) electrons. The first-order chi connectivity index (χ1) is 16.5. The second-order valence-corrected chi connectivity index (χ2v) is 12.3. The Kier molecular flexibility index (Phi) is 8.87. The monoisotopic (exact) mass is 522 g/mol. The summed E-state index contributed by atoms with van der Waals surface area (Å²) in [7, 11) is 5.99. The first-order valence-corrected chi connectivity index (χ1v) is 13.7. The fourth-order valence-electron chi connectivity index (χ4n) is 8.44. The van der Waals surface area contributed by atoms with Crippen LogP contribution in [0.15, 0.2) is 12.2 Å². The van der Waals surface area contributed by atoms with Gasteiger partial charge in [-0.05, 0) is 102 Å². The summed E-state index contributed by atoms with van der Waals surface area (Å²) in [4.78, 5) is 44.7. The lowest BCUT2D eigenvalue weighted by atomic mass is 9.47. The lowest BCUT2D eigenvalue weighted by molar-refractivity contribution is -0.145. The Morgan fingerprint density at radius 3 is 2.47 bits per heavy atom. The highest BCUT2D eigenvalue weighted by molar-refractivity contribution is 5.96. The number of imide groups is 1. The maximum atomic E-state index is 13.9. The van der Waals surface area contributed by atoms with Gasteiger partial charge in [0.25, 0.3) is 0 Å². The number of rotatable bonds is 6. The maximum Gasteiger partial charge on any atom is 0.324 e. The van der Waals surface area contributed by atoms with Gasteiger partial charge in [0, 0.05) is 37.5 Å². The topological polar surface area (TPSA) is 73.0 Å². The molecule has 0 saturated heterocycles. The van der Waals surface area contributed by atoms with Crippen LogP contribution in [0.3, 0.4) is 0 Å². The molecule has 7 atom stereocenters. The number of likely N-dealkylation sites (N-methyl/N-ethyl adjacent to an activating group) is 1. The van der Waals surface area contributed by atoms with E-state index in [1.807, 2.05) is 33.0 Å². The molecule has 8 heteroatoms. The van der Waals surface area contributed by atoms with Crippen molar-refractivity contribution in [1.29, 1.82) is 0 Å². The van der Waals surface area contributed by atoms with E-state index in [0.29, 0.717) is 30.8 Å². The Labute approximate surface area is 223 Å². The number of halogens is 1. The molecule has 3 saturated carbocycles. The van der Waals surface area contributed by atoms with Gasteiger partial charge in [-0.3, -0.25) is 14.5 Å². The molecule has 0 aromatic heterocycles. The summed E-state index contributed by atoms with van der Waals surface area (Å²) >= 11 is 0. The van der Waals surface area contributed by atoms with Crippen LogP contribution in [0.1, 0.15) is 65.7 Å². The molecule has 204 valence electrons. The molecule has 0 aromatic carbocycles. The molecule has 1 heterocycles. The zero-order valence-electron chi connectivity index (χ0n) is 23.1. The minimum atomic E-state index is -0.245. The first kappa shape index (κ1) is 29.0. The summed E-state index contributed by atoms with van der Waals surface area (Å²) < 4.78 is 0. The average Bonchev–Trinajstić information content (AvgIpc) is 3.16. The number of nitrogens with zero attached hydrogens (tertiary/aromatic N) is 3. The number of hydrogen-bond acceptors (Lipinski definition) is 4. The highest BCUT2D eigenvalue weighted by Crippen LogP contribution is 2.65. The first-order valence-electron chi connectivity index (χ1n) is 13.7. The van der Waals surface area contributed by atoms with E-state index >= 15 is 0 Å². The van der Waals surface area contributed by atoms with Crippen LogP contribution in [0, 0.1) is 34.5 Å². The van der Waals surface area contributed by atoms with E-state index in [4.69, 9.17) is 0 Å². The van der Waals surface area contributed by atoms with Crippen LogP contribution in [0.2, 0.25) is 0 Å². The van der Waals surface area contributed by atoms with E-state index in [1.165, 1.54) is 4.90 Å². The maximum absolute atomic E-state index is 13.9. The van der Waals surface area contributed by atoms with Crippen LogP contribution in [0.25, 0.3) is 0 Å². The molecule has 0 aromatic rings. The van der Waals surface area contributed by atoms with Gasteiger partial charge in [0.15, 0.2) is 0 Å². The number of fused-ring (bicyclic) bond motifs is 5. The molecule has 4 amide bonds. The number of amides is 4. The van der Waals surface area contributed by atoms with Gasteiger partial charge in [-0.25, -0.2) is 4.79 Å². The Hall–Kier alpha value is -1.60. The molecule has 0 spiro atoms. The predicted octanol–water partition coefficient (Wildman–Crippen LogP) is 4.17. The van der Waals surface area contributed by atoms with Crippen molar-refractivity contribution >= 4 is 30.3 Å². The number of urea groups is 1. The highest BCUT2D eigenvalue weighted by atomic mass is 35.5. The molecule has 7 nitrogen and oxygen atoms in total. The zero-order valence-corrected chi connectivity index (χ0v) is 23.9. The van der Waals surface area contributed by atoms with Gasteiger partial charge in [0.2, 0.25) is 11.8 Å². The van der Waals surface area contributed by atoms with Gasteiger partial charge in [-0.15, -0.1) is 12.4 Å². The number of hydrogen-bond donors (Lipinski definition) is 1. The summed E-state index contributed by atoms with van der Waals surface area (Å²) in [5, 5.41) is 2.87. The van der Waals surface area contributed by atoms with Gasteiger partial charge in [0.1, 0.15) is 0 Å². The van der Waals surface area contributed by atoms with Crippen LogP contribution >= 0.6 is 12.4 Å². The SMILES string of the molecule is CCNC(=O)N(CCCN(C)C)C(=O)C1CC[C@H]2[C@@H]3CCC4N(C)C(=O)C=C[C@]4(C)[C@@H]3CC[C@]12C.Cl. The van der Waals surface area contributed by atoms with Crippen LogP contribution in [0.5, 0.6) is 0 Å². The van der Waals surface area contributed by atoms with Gasteiger partial charge < -0.3 is 15.1 Å². The molecule has 2 unspecified atom stereocenters. The quantitative estimate of drug-likeness (QED) is 0.568. The van der Waals surface area contributed by atoms with Crippen molar-refractivity contribution in [2.75, 3.05) is 40.8 Å². The van der Waals surface area contributed by atoms with E-state index in [2.05, 4.69) is 30.1 Å². The molecule has 1 aliphatic heterocycles. The number of carbonyl (C=O) groups excluding carboxylic acids is 3. The Morgan fingerprint density at radius 2 is 1.81 bits per heavy atom. The van der Waals surface area contributed by atoms with Crippen molar-refractivity contribution in [3.05, 3.63) is 12.2 Å². The van der Waals surface area contributed by atoms with Gasteiger partial charge in [-0.1, -0.05) is 19.9 Å². The largest absolute Gasteiger partial charge is 0.338 e. The van der Waals surface area contributed by atoms with Gasteiger partial charge >= 0.3 is 6.03 Å². The molecule has 4 aliphatic rings. The summed E-state index contributed by atoms with van der Waals surface area (Å²) in [5.74, 6) is 1.68. The standard InChI is InChI=1S/C28H46N4O3.ClH/c1-7-29-26(35)32(18-8-17-30(4)5)25(34)22-11-10-20-19-9-12-23-28(3,16-14-24(33)31(23)6)21(19)13-15-27(20,22)2;/h14,16,19-23H,7-13,15,17-18H2,1-6H3,(H,29,35);1H/t19-,20-,21+,22?,23?,27-,28+;/m0./s1. The van der Waals surface area contributed by atoms with Crippen molar-refractivity contribution < 1.29 is 14.4 Å². The lowest BCUT2D eigenvalue weighted by Gasteiger charge is -2.60. The number of carbonyl (C=O) groups is 3.